The molecule has 0 saturated carbocycles. The zero-order valence-electron chi connectivity index (χ0n) is 6.74. The molecule has 0 heterocycles. The summed E-state index contributed by atoms with van der Waals surface area (Å²) in [5.41, 5.74) is -0.142. The van der Waals surface area contributed by atoms with Crippen molar-refractivity contribution in [2.45, 2.75) is 13.0 Å². The lowest BCUT2D eigenvalue weighted by Crippen LogP contribution is -2.18. The van der Waals surface area contributed by atoms with E-state index in [0.29, 0.717) is 0 Å². The third kappa shape index (κ3) is 2.87. The third-order valence-electron chi connectivity index (χ3n) is 1.41. The van der Waals surface area contributed by atoms with Crippen LogP contribution in [-0.4, -0.2) is 6.36 Å². The van der Waals surface area contributed by atoms with Crippen LogP contribution < -0.4 is 4.74 Å². The monoisotopic (exact) mass is 272 g/mol. The number of halogens is 5. The predicted octanol–water partition coefficient (Wildman–Crippen LogP) is 3.82. The number of alkyl halides is 4. The van der Waals surface area contributed by atoms with Crippen molar-refractivity contribution >= 4 is 15.9 Å². The quantitative estimate of drug-likeness (QED) is 0.744. The van der Waals surface area contributed by atoms with Crippen LogP contribution in [0.3, 0.4) is 0 Å². The van der Waals surface area contributed by atoms with Gasteiger partial charge in [0.05, 0.1) is 4.47 Å². The Morgan fingerprint density at radius 1 is 1.29 bits per heavy atom. The third-order valence-corrected chi connectivity index (χ3v) is 2.03. The van der Waals surface area contributed by atoms with E-state index in [4.69, 9.17) is 0 Å². The van der Waals surface area contributed by atoms with Crippen molar-refractivity contribution in [3.05, 3.63) is 28.2 Å². The molecule has 0 atom stereocenters. The standard InChI is InChI=1S/C8H5BrF4O/c9-6-3-1-2-5(4-10)7(6)14-8(11,12)13/h1-3H,4H2. The summed E-state index contributed by atoms with van der Waals surface area (Å²) in [6.07, 6.45) is -4.81. The molecular weight excluding hydrogens is 268 g/mol. The normalized spacial score (nSPS) is 11.5. The molecule has 0 aliphatic rings. The SMILES string of the molecule is FCc1cccc(Br)c1OC(F)(F)F. The van der Waals surface area contributed by atoms with Crippen LogP contribution in [0.15, 0.2) is 22.7 Å². The fraction of sp³-hybridized carbons (Fsp3) is 0.250. The van der Waals surface area contributed by atoms with Gasteiger partial charge in [0.1, 0.15) is 12.4 Å². The average Bonchev–Trinajstić information content (AvgIpc) is 2.06. The molecule has 0 aliphatic carbocycles. The molecule has 0 radical (unpaired) electrons. The summed E-state index contributed by atoms with van der Waals surface area (Å²) in [6, 6.07) is 4.01. The van der Waals surface area contributed by atoms with E-state index in [1.807, 2.05) is 0 Å². The first-order chi connectivity index (χ1) is 6.44. The molecule has 0 fully saturated rings. The van der Waals surface area contributed by atoms with Gasteiger partial charge in [0.2, 0.25) is 0 Å². The Kier molecular flexibility index (Phi) is 3.36. The second kappa shape index (κ2) is 4.16. The molecule has 0 N–H and O–H groups in total. The van der Waals surface area contributed by atoms with Gasteiger partial charge >= 0.3 is 6.36 Å². The molecule has 0 amide bonds. The Labute approximate surface area is 85.8 Å². The molecule has 0 bridgehead atoms. The van der Waals surface area contributed by atoms with Crippen LogP contribution in [0, 0.1) is 0 Å². The second-order valence-electron chi connectivity index (χ2n) is 2.41. The molecule has 1 nitrogen and oxygen atoms in total. The fourth-order valence-electron chi connectivity index (χ4n) is 0.889. The zero-order chi connectivity index (χ0) is 10.8. The largest absolute Gasteiger partial charge is 0.573 e. The van der Waals surface area contributed by atoms with Gasteiger partial charge < -0.3 is 4.74 Å². The lowest BCUT2D eigenvalue weighted by molar-refractivity contribution is -0.275. The molecule has 0 aliphatic heterocycles. The molecular formula is C8H5BrF4O. The number of ether oxygens (including phenoxy) is 1. The number of benzene rings is 1. The summed E-state index contributed by atoms with van der Waals surface area (Å²) in [4.78, 5) is 0. The van der Waals surface area contributed by atoms with Crippen LogP contribution >= 0.6 is 15.9 Å². The van der Waals surface area contributed by atoms with Gasteiger partial charge in [-0.15, -0.1) is 13.2 Å². The van der Waals surface area contributed by atoms with Crippen molar-refractivity contribution in [3.8, 4) is 5.75 Å². The van der Waals surface area contributed by atoms with E-state index in [0.717, 1.165) is 0 Å². The maximum absolute atomic E-state index is 12.3. The Balaban J connectivity index is 3.05. The molecule has 1 aromatic rings. The summed E-state index contributed by atoms with van der Waals surface area (Å²) < 4.78 is 51.6. The predicted molar refractivity (Wildman–Crippen MR) is 45.6 cm³/mol. The van der Waals surface area contributed by atoms with E-state index in [-0.39, 0.29) is 10.0 Å². The smallest absolute Gasteiger partial charge is 0.404 e. The average molecular weight is 273 g/mol. The minimum absolute atomic E-state index is 0.0741. The number of hydrogen-bond donors (Lipinski definition) is 0. The molecule has 0 saturated heterocycles. The van der Waals surface area contributed by atoms with Crippen molar-refractivity contribution < 1.29 is 22.3 Å². The van der Waals surface area contributed by atoms with Gasteiger partial charge in [-0.25, -0.2) is 4.39 Å². The molecule has 78 valence electrons. The van der Waals surface area contributed by atoms with Crippen molar-refractivity contribution in [3.63, 3.8) is 0 Å². The Bertz CT molecular complexity index is 324. The highest BCUT2D eigenvalue weighted by molar-refractivity contribution is 9.10. The summed E-state index contributed by atoms with van der Waals surface area (Å²) in [7, 11) is 0. The van der Waals surface area contributed by atoms with Crippen LogP contribution in [0.5, 0.6) is 5.75 Å². The number of rotatable bonds is 2. The lowest BCUT2D eigenvalue weighted by Gasteiger charge is -2.12. The summed E-state index contributed by atoms with van der Waals surface area (Å²) in [6.45, 7) is -1.01. The van der Waals surface area contributed by atoms with E-state index >= 15 is 0 Å². The number of hydrogen-bond acceptors (Lipinski definition) is 1. The molecule has 0 aromatic heterocycles. The van der Waals surface area contributed by atoms with Crippen molar-refractivity contribution in [2.75, 3.05) is 0 Å². The van der Waals surface area contributed by atoms with Crippen molar-refractivity contribution in [1.29, 1.82) is 0 Å². The topological polar surface area (TPSA) is 9.23 Å². The van der Waals surface area contributed by atoms with E-state index in [1.54, 1.807) is 0 Å². The molecule has 0 unspecified atom stereocenters. The summed E-state index contributed by atoms with van der Waals surface area (Å²) in [5, 5.41) is 0. The molecule has 6 heteroatoms. The van der Waals surface area contributed by atoms with Gasteiger partial charge in [0.15, 0.2) is 0 Å². The Morgan fingerprint density at radius 3 is 2.43 bits per heavy atom. The second-order valence-corrected chi connectivity index (χ2v) is 3.26. The van der Waals surface area contributed by atoms with Gasteiger partial charge in [-0.2, -0.15) is 0 Å². The molecule has 1 aromatic carbocycles. The molecule has 1 rings (SSSR count). The minimum Gasteiger partial charge on any atom is -0.404 e. The summed E-state index contributed by atoms with van der Waals surface area (Å²) in [5.74, 6) is -0.525. The minimum atomic E-state index is -4.81. The van der Waals surface area contributed by atoms with Crippen LogP contribution in [0.1, 0.15) is 5.56 Å². The van der Waals surface area contributed by atoms with Crippen LogP contribution in [0.4, 0.5) is 17.6 Å². The fourth-order valence-corrected chi connectivity index (χ4v) is 1.38. The Hall–Kier alpha value is -0.780. The highest BCUT2D eigenvalue weighted by Crippen LogP contribution is 2.33. The van der Waals surface area contributed by atoms with E-state index in [1.165, 1.54) is 18.2 Å². The first-order valence-corrected chi connectivity index (χ1v) is 4.32. The van der Waals surface area contributed by atoms with Gasteiger partial charge in [0.25, 0.3) is 0 Å². The summed E-state index contributed by atoms with van der Waals surface area (Å²) >= 11 is 2.85. The highest BCUT2D eigenvalue weighted by atomic mass is 79.9. The lowest BCUT2D eigenvalue weighted by atomic mass is 10.2. The zero-order valence-corrected chi connectivity index (χ0v) is 8.32. The molecule has 14 heavy (non-hydrogen) atoms. The Morgan fingerprint density at radius 2 is 1.93 bits per heavy atom. The first kappa shape index (κ1) is 11.3. The maximum atomic E-state index is 12.3. The van der Waals surface area contributed by atoms with Crippen molar-refractivity contribution in [1.82, 2.24) is 0 Å². The molecule has 0 spiro atoms. The van der Waals surface area contributed by atoms with Crippen LogP contribution in [0.25, 0.3) is 0 Å². The van der Waals surface area contributed by atoms with Gasteiger partial charge in [-0.1, -0.05) is 12.1 Å². The van der Waals surface area contributed by atoms with Crippen molar-refractivity contribution in [2.24, 2.45) is 0 Å². The van der Waals surface area contributed by atoms with E-state index in [9.17, 15) is 17.6 Å². The van der Waals surface area contributed by atoms with Gasteiger partial charge in [-0.3, -0.25) is 0 Å². The number of para-hydroxylation sites is 1. The van der Waals surface area contributed by atoms with Gasteiger partial charge in [-0.05, 0) is 22.0 Å². The van der Waals surface area contributed by atoms with E-state index in [2.05, 4.69) is 20.7 Å². The van der Waals surface area contributed by atoms with Crippen LogP contribution in [-0.2, 0) is 6.67 Å². The van der Waals surface area contributed by atoms with E-state index < -0.39 is 18.8 Å². The van der Waals surface area contributed by atoms with Gasteiger partial charge in [0, 0.05) is 5.56 Å². The highest BCUT2D eigenvalue weighted by Gasteiger charge is 2.32. The first-order valence-electron chi connectivity index (χ1n) is 3.53. The van der Waals surface area contributed by atoms with Crippen LogP contribution in [0.2, 0.25) is 0 Å². The maximum Gasteiger partial charge on any atom is 0.573 e.